The molecule has 0 saturated heterocycles. The van der Waals surface area contributed by atoms with E-state index in [1.54, 1.807) is 13.0 Å². The average molecular weight is 391 g/mol. The van der Waals surface area contributed by atoms with Crippen LogP contribution in [0.1, 0.15) is 34.8 Å². The molecule has 1 atom stereocenters. The summed E-state index contributed by atoms with van der Waals surface area (Å²) in [5, 5.41) is 13.9. The highest BCUT2D eigenvalue weighted by Crippen LogP contribution is 2.21. The third kappa shape index (κ3) is 4.64. The summed E-state index contributed by atoms with van der Waals surface area (Å²) in [6.45, 7) is 3.53. The van der Waals surface area contributed by atoms with Crippen molar-refractivity contribution in [3.8, 4) is 0 Å². The molecule has 0 bridgehead atoms. The lowest BCUT2D eigenvalue weighted by Gasteiger charge is -2.15. The number of benzene rings is 2. The largest absolute Gasteiger partial charge is 0.350 e. The number of hydrogen-bond donors (Lipinski definition) is 1. The van der Waals surface area contributed by atoms with Gasteiger partial charge in [-0.25, -0.2) is 0 Å². The summed E-state index contributed by atoms with van der Waals surface area (Å²) in [5.74, 6) is -0.278. The van der Waals surface area contributed by atoms with E-state index < -0.39 is 4.92 Å². The lowest BCUT2D eigenvalue weighted by atomic mass is 10.0. The fraction of sp³-hybridized carbons (Fsp3) is 0.278. The average Bonchev–Trinajstić information content (AvgIpc) is 2.54. The smallest absolute Gasteiger partial charge is 0.273 e. The van der Waals surface area contributed by atoms with Crippen molar-refractivity contribution in [2.75, 3.05) is 0 Å². The summed E-state index contributed by atoms with van der Waals surface area (Å²) >= 11 is 3.40. The highest BCUT2D eigenvalue weighted by molar-refractivity contribution is 9.10. The van der Waals surface area contributed by atoms with E-state index in [1.165, 1.54) is 17.7 Å². The number of nitrogens with one attached hydrogen (secondary N) is 1. The number of amides is 1. The summed E-state index contributed by atoms with van der Waals surface area (Å²) < 4.78 is 1.04. The van der Waals surface area contributed by atoms with Crippen LogP contribution < -0.4 is 5.32 Å². The molecule has 2 aromatic rings. The van der Waals surface area contributed by atoms with Gasteiger partial charge in [0, 0.05) is 27.7 Å². The first-order valence-corrected chi connectivity index (χ1v) is 8.47. The number of carbonyl (C=O) groups excluding carboxylic acids is 1. The van der Waals surface area contributed by atoms with E-state index >= 15 is 0 Å². The lowest BCUT2D eigenvalue weighted by Crippen LogP contribution is -2.33. The Morgan fingerprint density at radius 3 is 2.54 bits per heavy atom. The van der Waals surface area contributed by atoms with Gasteiger partial charge in [0.1, 0.15) is 0 Å². The Kier molecular flexibility index (Phi) is 6.09. The van der Waals surface area contributed by atoms with Crippen molar-refractivity contribution >= 4 is 27.5 Å². The minimum Gasteiger partial charge on any atom is -0.350 e. The van der Waals surface area contributed by atoms with Crippen molar-refractivity contribution in [2.45, 2.75) is 32.7 Å². The van der Waals surface area contributed by atoms with Gasteiger partial charge in [0.15, 0.2) is 0 Å². The number of hydrogen-bond acceptors (Lipinski definition) is 3. The molecule has 1 unspecified atom stereocenters. The molecular weight excluding hydrogens is 372 g/mol. The molecule has 2 rings (SSSR count). The molecule has 0 saturated carbocycles. The molecule has 0 aliphatic rings. The van der Waals surface area contributed by atoms with Crippen molar-refractivity contribution < 1.29 is 9.72 Å². The number of carbonyl (C=O) groups is 1. The van der Waals surface area contributed by atoms with E-state index in [0.717, 1.165) is 17.3 Å². The van der Waals surface area contributed by atoms with E-state index in [0.29, 0.717) is 11.1 Å². The molecule has 0 aliphatic carbocycles. The Hall–Kier alpha value is -2.21. The van der Waals surface area contributed by atoms with Crippen LogP contribution in [0.3, 0.4) is 0 Å². The highest BCUT2D eigenvalue weighted by atomic mass is 79.9. The Morgan fingerprint density at radius 1 is 1.25 bits per heavy atom. The molecule has 0 spiro atoms. The van der Waals surface area contributed by atoms with Crippen LogP contribution >= 0.6 is 15.9 Å². The Balaban J connectivity index is 1.97. The molecule has 0 heterocycles. The molecule has 0 radical (unpaired) electrons. The number of nitro groups is 1. The molecule has 2 aromatic carbocycles. The summed E-state index contributed by atoms with van der Waals surface area (Å²) in [6, 6.07) is 12.6. The normalized spacial score (nSPS) is 11.8. The lowest BCUT2D eigenvalue weighted by molar-refractivity contribution is -0.385. The van der Waals surface area contributed by atoms with Crippen LogP contribution in [0, 0.1) is 17.0 Å². The number of rotatable bonds is 6. The number of halogens is 1. The van der Waals surface area contributed by atoms with E-state index in [-0.39, 0.29) is 17.6 Å². The van der Waals surface area contributed by atoms with Crippen LogP contribution in [0.5, 0.6) is 0 Å². The first kappa shape index (κ1) is 18.1. The van der Waals surface area contributed by atoms with Gasteiger partial charge in [-0.1, -0.05) is 34.1 Å². The summed E-state index contributed by atoms with van der Waals surface area (Å²) in [6.07, 6.45) is 1.64. The molecule has 1 amide bonds. The topological polar surface area (TPSA) is 72.2 Å². The van der Waals surface area contributed by atoms with Crippen molar-refractivity contribution in [2.24, 2.45) is 0 Å². The third-order valence-corrected chi connectivity index (χ3v) is 4.43. The molecule has 126 valence electrons. The number of nitrogens with zero attached hydrogens (tertiary/aromatic N) is 1. The second-order valence-corrected chi connectivity index (χ2v) is 6.66. The molecule has 0 aromatic heterocycles. The Morgan fingerprint density at radius 2 is 1.92 bits per heavy atom. The number of nitro benzene ring substituents is 1. The predicted octanol–water partition coefficient (Wildman–Crippen LogP) is 4.42. The van der Waals surface area contributed by atoms with Crippen LogP contribution in [-0.4, -0.2) is 16.9 Å². The SMILES string of the molecule is Cc1c(C(=O)NC(C)CCc2ccc(Br)cc2)cccc1[N+](=O)[O-]. The Bertz CT molecular complexity index is 744. The second kappa shape index (κ2) is 8.06. The fourth-order valence-corrected chi connectivity index (χ4v) is 2.74. The summed E-state index contributed by atoms with van der Waals surface area (Å²) in [5.41, 5.74) is 1.90. The zero-order valence-corrected chi connectivity index (χ0v) is 15.2. The maximum absolute atomic E-state index is 12.4. The van der Waals surface area contributed by atoms with Crippen molar-refractivity contribution in [1.82, 2.24) is 5.32 Å². The fourth-order valence-electron chi connectivity index (χ4n) is 2.48. The minimum absolute atomic E-state index is 0.0280. The quantitative estimate of drug-likeness (QED) is 0.585. The Labute approximate surface area is 149 Å². The third-order valence-electron chi connectivity index (χ3n) is 3.90. The summed E-state index contributed by atoms with van der Waals surface area (Å²) in [7, 11) is 0. The van der Waals surface area contributed by atoms with Crippen LogP contribution in [0.2, 0.25) is 0 Å². The van der Waals surface area contributed by atoms with Crippen LogP contribution in [0.4, 0.5) is 5.69 Å². The molecular formula is C18H19BrN2O3. The molecule has 1 N–H and O–H groups in total. The maximum atomic E-state index is 12.4. The molecule has 24 heavy (non-hydrogen) atoms. The van der Waals surface area contributed by atoms with Gasteiger partial charge in [0.2, 0.25) is 0 Å². The van der Waals surface area contributed by atoms with Crippen LogP contribution in [0.25, 0.3) is 0 Å². The van der Waals surface area contributed by atoms with Crippen molar-refractivity contribution in [3.05, 3.63) is 73.7 Å². The molecule has 0 fully saturated rings. The standard InChI is InChI=1S/C18H19BrN2O3/c1-12(6-7-14-8-10-15(19)11-9-14)20-18(22)16-4-3-5-17(13(16)2)21(23)24/h3-5,8-12H,6-7H2,1-2H3,(H,20,22). The van der Waals surface area contributed by atoms with E-state index in [1.807, 2.05) is 31.2 Å². The monoisotopic (exact) mass is 390 g/mol. The highest BCUT2D eigenvalue weighted by Gasteiger charge is 2.18. The van der Waals surface area contributed by atoms with Gasteiger partial charge >= 0.3 is 0 Å². The summed E-state index contributed by atoms with van der Waals surface area (Å²) in [4.78, 5) is 22.9. The zero-order valence-electron chi connectivity index (χ0n) is 13.6. The van der Waals surface area contributed by atoms with Gasteiger partial charge in [-0.2, -0.15) is 0 Å². The number of aryl methyl sites for hydroxylation is 1. The van der Waals surface area contributed by atoms with Crippen molar-refractivity contribution in [1.29, 1.82) is 0 Å². The van der Waals surface area contributed by atoms with Crippen LogP contribution in [-0.2, 0) is 6.42 Å². The van der Waals surface area contributed by atoms with E-state index in [9.17, 15) is 14.9 Å². The molecule has 5 nitrogen and oxygen atoms in total. The zero-order chi connectivity index (χ0) is 17.7. The maximum Gasteiger partial charge on any atom is 0.273 e. The molecule has 0 aliphatic heterocycles. The van der Waals surface area contributed by atoms with Gasteiger partial charge in [-0.05, 0) is 50.5 Å². The van der Waals surface area contributed by atoms with Crippen LogP contribution in [0.15, 0.2) is 46.9 Å². The van der Waals surface area contributed by atoms with Gasteiger partial charge in [0.05, 0.1) is 4.92 Å². The predicted molar refractivity (Wildman–Crippen MR) is 97.2 cm³/mol. The molecule has 6 heteroatoms. The van der Waals surface area contributed by atoms with Gasteiger partial charge in [0.25, 0.3) is 11.6 Å². The van der Waals surface area contributed by atoms with E-state index in [2.05, 4.69) is 21.2 Å². The first-order valence-electron chi connectivity index (χ1n) is 7.68. The second-order valence-electron chi connectivity index (χ2n) is 5.75. The van der Waals surface area contributed by atoms with Crippen molar-refractivity contribution in [3.63, 3.8) is 0 Å². The van der Waals surface area contributed by atoms with Gasteiger partial charge in [-0.3, -0.25) is 14.9 Å². The van der Waals surface area contributed by atoms with Gasteiger partial charge in [-0.15, -0.1) is 0 Å². The van der Waals surface area contributed by atoms with E-state index in [4.69, 9.17) is 0 Å². The van der Waals surface area contributed by atoms with Gasteiger partial charge < -0.3 is 5.32 Å². The first-order chi connectivity index (χ1) is 11.4. The minimum atomic E-state index is -0.469.